The molecule has 0 atom stereocenters. The lowest BCUT2D eigenvalue weighted by molar-refractivity contribution is -0.00256. The maximum Gasteiger partial charge on any atom is 0.251 e. The van der Waals surface area contributed by atoms with Gasteiger partial charge in [-0.15, -0.1) is 24.0 Å². The van der Waals surface area contributed by atoms with E-state index in [9.17, 15) is 8.78 Å². The smallest absolute Gasteiger partial charge is 0.251 e. The minimum absolute atomic E-state index is 0. The highest BCUT2D eigenvalue weighted by molar-refractivity contribution is 14.0. The van der Waals surface area contributed by atoms with Gasteiger partial charge < -0.3 is 20.3 Å². The molecule has 0 aromatic rings. The van der Waals surface area contributed by atoms with Crippen LogP contribution in [-0.2, 0) is 4.74 Å². The summed E-state index contributed by atoms with van der Waals surface area (Å²) in [6, 6.07) is 0.284. The molecule has 2 heterocycles. The van der Waals surface area contributed by atoms with Crippen LogP contribution in [0.25, 0.3) is 0 Å². The molecule has 0 aromatic heterocycles. The molecule has 160 valence electrons. The first-order chi connectivity index (χ1) is 12.4. The number of likely N-dealkylation sites (N-methyl/N-ethyl adjacent to an activating group) is 1. The molecule has 0 aliphatic carbocycles. The van der Waals surface area contributed by atoms with Crippen molar-refractivity contribution in [2.45, 2.75) is 50.6 Å². The summed E-state index contributed by atoms with van der Waals surface area (Å²) in [4.78, 5) is 8.97. The zero-order chi connectivity index (χ0) is 19.0. The lowest BCUT2D eigenvalue weighted by atomic mass is 9.89. The second-order valence-electron chi connectivity index (χ2n) is 7.54. The Morgan fingerprint density at radius 3 is 2.41 bits per heavy atom. The highest BCUT2D eigenvalue weighted by Gasteiger charge is 2.34. The minimum Gasteiger partial charge on any atom is -0.381 e. The summed E-state index contributed by atoms with van der Waals surface area (Å²) in [6.45, 7) is 6.44. The number of ether oxygens (including phenoxy) is 1. The van der Waals surface area contributed by atoms with Gasteiger partial charge in [-0.3, -0.25) is 9.89 Å². The van der Waals surface area contributed by atoms with Crippen molar-refractivity contribution in [3.05, 3.63) is 0 Å². The largest absolute Gasteiger partial charge is 0.381 e. The fourth-order valence-corrected chi connectivity index (χ4v) is 3.69. The van der Waals surface area contributed by atoms with E-state index in [0.29, 0.717) is 13.1 Å². The van der Waals surface area contributed by atoms with Crippen LogP contribution in [0.1, 0.15) is 32.6 Å². The number of rotatable bonds is 7. The summed E-state index contributed by atoms with van der Waals surface area (Å²) < 4.78 is 30.5. The van der Waals surface area contributed by atoms with E-state index in [4.69, 9.17) is 9.73 Å². The van der Waals surface area contributed by atoms with Crippen molar-refractivity contribution in [2.75, 3.05) is 60.0 Å². The third-order valence-corrected chi connectivity index (χ3v) is 5.57. The molecule has 0 amide bonds. The summed E-state index contributed by atoms with van der Waals surface area (Å²) in [5.41, 5.74) is 0.0429. The maximum atomic E-state index is 12.5. The number of nitrogens with one attached hydrogen (secondary N) is 2. The molecular weight excluding hydrogens is 467 g/mol. The molecule has 2 fully saturated rings. The molecule has 27 heavy (non-hydrogen) atoms. The third kappa shape index (κ3) is 7.94. The average molecular weight is 503 g/mol. The fraction of sp³-hybridized carbons (Fsp3) is 0.944. The van der Waals surface area contributed by atoms with Gasteiger partial charge >= 0.3 is 0 Å². The molecule has 2 aliphatic heterocycles. The number of hydrogen-bond donors (Lipinski definition) is 2. The van der Waals surface area contributed by atoms with Crippen LogP contribution in [0.2, 0.25) is 0 Å². The second kappa shape index (κ2) is 12.3. The predicted octanol–water partition coefficient (Wildman–Crippen LogP) is 2.00. The quantitative estimate of drug-likeness (QED) is 0.317. The number of guanidine groups is 1. The van der Waals surface area contributed by atoms with E-state index in [0.717, 1.165) is 57.9 Å². The van der Waals surface area contributed by atoms with Gasteiger partial charge in [-0.25, -0.2) is 8.78 Å². The SMILES string of the molecule is CCNC(=NCC1(N(C)C)CCOCC1)NC1CCN(CC(F)F)CC1.I. The van der Waals surface area contributed by atoms with Gasteiger partial charge in [-0.2, -0.15) is 0 Å². The van der Waals surface area contributed by atoms with Gasteiger partial charge in [0.25, 0.3) is 6.43 Å². The highest BCUT2D eigenvalue weighted by Crippen LogP contribution is 2.26. The summed E-state index contributed by atoms with van der Waals surface area (Å²) in [5.74, 6) is 0.826. The summed E-state index contributed by atoms with van der Waals surface area (Å²) in [7, 11) is 4.22. The Hall–Kier alpha value is -0.260. The van der Waals surface area contributed by atoms with Crippen molar-refractivity contribution in [3.8, 4) is 0 Å². The summed E-state index contributed by atoms with van der Waals surface area (Å²) in [6.07, 6.45) is 1.44. The lowest BCUT2D eigenvalue weighted by Gasteiger charge is -2.42. The molecule has 2 rings (SSSR count). The van der Waals surface area contributed by atoms with Crippen LogP contribution in [0.5, 0.6) is 0 Å². The average Bonchev–Trinajstić information content (AvgIpc) is 2.62. The predicted molar refractivity (Wildman–Crippen MR) is 116 cm³/mol. The third-order valence-electron chi connectivity index (χ3n) is 5.57. The van der Waals surface area contributed by atoms with Gasteiger partial charge in [0.05, 0.1) is 13.1 Å². The number of piperidine rings is 1. The molecule has 2 saturated heterocycles. The molecule has 9 heteroatoms. The monoisotopic (exact) mass is 503 g/mol. The first-order valence-corrected chi connectivity index (χ1v) is 9.76. The van der Waals surface area contributed by atoms with Crippen molar-refractivity contribution in [1.29, 1.82) is 0 Å². The Kier molecular flexibility index (Phi) is 11.3. The number of aliphatic imine (C=N–C) groups is 1. The zero-order valence-corrected chi connectivity index (χ0v) is 19.2. The van der Waals surface area contributed by atoms with E-state index in [-0.39, 0.29) is 42.1 Å². The number of halogens is 3. The molecule has 0 bridgehead atoms. The zero-order valence-electron chi connectivity index (χ0n) is 16.8. The Morgan fingerprint density at radius 1 is 1.26 bits per heavy atom. The van der Waals surface area contributed by atoms with E-state index in [1.807, 2.05) is 4.90 Å². The van der Waals surface area contributed by atoms with Gasteiger partial charge in [-0.1, -0.05) is 0 Å². The Labute approximate surface area is 179 Å². The van der Waals surface area contributed by atoms with Gasteiger partial charge in [0.1, 0.15) is 0 Å². The van der Waals surface area contributed by atoms with Crippen LogP contribution >= 0.6 is 24.0 Å². The standard InChI is InChI=1S/C18H35F2N5O.HI/c1-4-21-17(22-14-18(24(2)3)7-11-26-12-8-18)23-15-5-9-25(10-6-15)13-16(19)20;/h15-16H,4-14H2,1-3H3,(H2,21,22,23);1H. The normalized spacial score (nSPS) is 22.0. The van der Waals surface area contributed by atoms with Gasteiger partial charge in [0, 0.05) is 44.4 Å². The maximum absolute atomic E-state index is 12.5. The first-order valence-electron chi connectivity index (χ1n) is 9.76. The van der Waals surface area contributed by atoms with Crippen LogP contribution in [0.4, 0.5) is 8.78 Å². The molecule has 0 spiro atoms. The van der Waals surface area contributed by atoms with E-state index in [1.165, 1.54) is 0 Å². The number of alkyl halides is 2. The second-order valence-corrected chi connectivity index (χ2v) is 7.54. The van der Waals surface area contributed by atoms with Crippen molar-refractivity contribution >= 4 is 29.9 Å². The molecule has 0 unspecified atom stereocenters. The Morgan fingerprint density at radius 2 is 1.89 bits per heavy atom. The minimum atomic E-state index is -2.25. The van der Waals surface area contributed by atoms with E-state index in [2.05, 4.69) is 36.6 Å². The van der Waals surface area contributed by atoms with Gasteiger partial charge in [0.2, 0.25) is 0 Å². The molecule has 6 nitrogen and oxygen atoms in total. The van der Waals surface area contributed by atoms with Crippen molar-refractivity contribution in [1.82, 2.24) is 20.4 Å². The van der Waals surface area contributed by atoms with Crippen LogP contribution in [0.3, 0.4) is 0 Å². The van der Waals surface area contributed by atoms with E-state index >= 15 is 0 Å². The topological polar surface area (TPSA) is 52.1 Å². The van der Waals surface area contributed by atoms with Crippen LogP contribution in [0, 0.1) is 0 Å². The number of likely N-dealkylation sites (tertiary alicyclic amines) is 1. The van der Waals surface area contributed by atoms with Crippen molar-refractivity contribution < 1.29 is 13.5 Å². The number of nitrogens with zero attached hydrogens (tertiary/aromatic N) is 3. The molecule has 0 radical (unpaired) electrons. The van der Waals surface area contributed by atoms with Crippen LogP contribution < -0.4 is 10.6 Å². The molecule has 2 N–H and O–H groups in total. The van der Waals surface area contributed by atoms with Crippen molar-refractivity contribution in [2.24, 2.45) is 4.99 Å². The van der Waals surface area contributed by atoms with Gasteiger partial charge in [0.15, 0.2) is 5.96 Å². The fourth-order valence-electron chi connectivity index (χ4n) is 3.69. The van der Waals surface area contributed by atoms with E-state index in [1.54, 1.807) is 0 Å². The van der Waals surface area contributed by atoms with E-state index < -0.39 is 6.43 Å². The Bertz CT molecular complexity index is 439. The van der Waals surface area contributed by atoms with Crippen LogP contribution in [-0.4, -0.2) is 93.8 Å². The summed E-state index contributed by atoms with van der Waals surface area (Å²) in [5, 5.41) is 6.83. The molecule has 0 saturated carbocycles. The Balaban J connectivity index is 0.00000364. The molecule has 0 aromatic carbocycles. The van der Waals surface area contributed by atoms with Gasteiger partial charge in [-0.05, 0) is 46.7 Å². The number of hydrogen-bond acceptors (Lipinski definition) is 4. The molecule has 2 aliphatic rings. The lowest BCUT2D eigenvalue weighted by Crippen LogP contribution is -2.53. The highest BCUT2D eigenvalue weighted by atomic mass is 127. The summed E-state index contributed by atoms with van der Waals surface area (Å²) >= 11 is 0. The molecular formula is C18H36F2IN5O. The first kappa shape index (κ1) is 24.8. The van der Waals surface area contributed by atoms with Crippen molar-refractivity contribution in [3.63, 3.8) is 0 Å². The van der Waals surface area contributed by atoms with Crippen LogP contribution in [0.15, 0.2) is 4.99 Å².